The first-order chi connectivity index (χ1) is 17.8. The van der Waals surface area contributed by atoms with Crippen molar-refractivity contribution in [2.45, 2.75) is 24.9 Å². The van der Waals surface area contributed by atoms with Crippen LogP contribution in [0.1, 0.15) is 28.8 Å². The Morgan fingerprint density at radius 3 is 2.37 bits per heavy atom. The van der Waals surface area contributed by atoms with Crippen LogP contribution < -0.4 is 10.6 Å². The van der Waals surface area contributed by atoms with Crippen molar-refractivity contribution in [1.82, 2.24) is 0 Å². The number of amides is 1. The van der Waals surface area contributed by atoms with Gasteiger partial charge in [-0.15, -0.1) is 0 Å². The fourth-order valence-corrected chi connectivity index (χ4v) is 6.25. The molecule has 0 aromatic heterocycles. The first-order valence-corrected chi connectivity index (χ1v) is 12.5. The molecule has 3 atom stereocenters. The third-order valence-electron chi connectivity index (χ3n) is 7.75. The topological polar surface area (TPSA) is 161 Å². The maximum atomic E-state index is 13.9. The third kappa shape index (κ3) is 3.53. The lowest BCUT2D eigenvalue weighted by molar-refractivity contribution is -0.144. The van der Waals surface area contributed by atoms with E-state index in [0.29, 0.717) is 27.4 Å². The number of ketones is 2. The van der Waals surface area contributed by atoms with Gasteiger partial charge in [0.2, 0.25) is 5.78 Å². The van der Waals surface area contributed by atoms with Gasteiger partial charge < -0.3 is 31.1 Å². The Labute approximate surface area is 227 Å². The van der Waals surface area contributed by atoms with Crippen LogP contribution >= 0.6 is 23.2 Å². The van der Waals surface area contributed by atoms with Gasteiger partial charge in [-0.1, -0.05) is 29.3 Å². The zero-order chi connectivity index (χ0) is 27.8. The van der Waals surface area contributed by atoms with Gasteiger partial charge in [0, 0.05) is 43.3 Å². The number of nitrogens with zero attached hydrogens (tertiary/aromatic N) is 1. The average Bonchev–Trinajstić information content (AvgIpc) is 2.83. The van der Waals surface area contributed by atoms with Gasteiger partial charge >= 0.3 is 0 Å². The highest BCUT2D eigenvalue weighted by Gasteiger charge is 2.59. The van der Waals surface area contributed by atoms with Crippen LogP contribution in [-0.4, -0.2) is 57.6 Å². The number of benzene rings is 2. The van der Waals surface area contributed by atoms with Crippen LogP contribution in [0.25, 0.3) is 11.1 Å². The van der Waals surface area contributed by atoms with E-state index >= 15 is 0 Å². The summed E-state index contributed by atoms with van der Waals surface area (Å²) in [4.78, 5) is 40.7. The van der Waals surface area contributed by atoms with Crippen molar-refractivity contribution < 1.29 is 34.8 Å². The molecule has 0 saturated heterocycles. The monoisotopic (exact) mass is 558 g/mol. The van der Waals surface area contributed by atoms with E-state index < -0.39 is 52.0 Å². The number of phenols is 1. The Kier molecular flexibility index (Phi) is 6.01. The molecule has 38 heavy (non-hydrogen) atoms. The highest BCUT2D eigenvalue weighted by atomic mass is 35.5. The molecule has 3 aliphatic carbocycles. The minimum Gasteiger partial charge on any atom is -0.511 e. The summed E-state index contributed by atoms with van der Waals surface area (Å²) in [5, 5.41) is 44.9. The highest BCUT2D eigenvalue weighted by Crippen LogP contribution is 2.53. The molecule has 0 aliphatic heterocycles. The molecule has 9 nitrogen and oxygen atoms in total. The van der Waals surface area contributed by atoms with Crippen molar-refractivity contribution in [2.24, 2.45) is 17.6 Å². The molecule has 6 N–H and O–H groups in total. The number of anilines is 1. The largest absolute Gasteiger partial charge is 0.511 e. The summed E-state index contributed by atoms with van der Waals surface area (Å²) in [7, 11) is 3.57. The second kappa shape index (κ2) is 8.76. The Morgan fingerprint density at radius 2 is 1.76 bits per heavy atom. The quantitative estimate of drug-likeness (QED) is 0.357. The number of aromatic hydroxyl groups is 1. The van der Waals surface area contributed by atoms with E-state index in [-0.39, 0.29) is 41.2 Å². The lowest BCUT2D eigenvalue weighted by Gasteiger charge is -2.46. The number of halogens is 2. The van der Waals surface area contributed by atoms with Crippen molar-refractivity contribution in [1.29, 1.82) is 0 Å². The van der Waals surface area contributed by atoms with E-state index in [1.807, 2.05) is 0 Å². The Hall–Kier alpha value is -3.53. The maximum absolute atomic E-state index is 13.9. The first-order valence-electron chi connectivity index (χ1n) is 11.8. The number of aliphatic hydroxyl groups excluding tert-OH is 2. The van der Waals surface area contributed by atoms with Crippen molar-refractivity contribution in [3.63, 3.8) is 0 Å². The number of fused-ring (bicyclic) bond motifs is 3. The van der Waals surface area contributed by atoms with Crippen LogP contribution in [0, 0.1) is 11.8 Å². The van der Waals surface area contributed by atoms with Crippen LogP contribution in [0.15, 0.2) is 46.9 Å². The fraction of sp³-hybridized carbons (Fsp3) is 0.296. The third-order valence-corrected chi connectivity index (χ3v) is 8.49. The summed E-state index contributed by atoms with van der Waals surface area (Å²) < 4.78 is 0. The molecular weight excluding hydrogens is 535 g/mol. The lowest BCUT2D eigenvalue weighted by atomic mass is 9.60. The second-order valence-corrected chi connectivity index (χ2v) is 10.9. The number of hydrogen-bond acceptors (Lipinski definition) is 8. The van der Waals surface area contributed by atoms with Crippen LogP contribution in [0.2, 0.25) is 10.0 Å². The number of rotatable bonds is 3. The molecule has 11 heteroatoms. The maximum Gasteiger partial charge on any atom is 0.255 e. The van der Waals surface area contributed by atoms with E-state index in [1.54, 1.807) is 43.3 Å². The SMILES string of the molecule is CN(C)c1cc(-c2ccc(Cl)c(Cl)c2)c(O)c2c1C[C@H]1CC3CC(O)=C(C(N)=O)C(=O)[C@@]3(O)C(O)=C1C2=O. The van der Waals surface area contributed by atoms with Crippen LogP contribution in [-0.2, 0) is 16.0 Å². The summed E-state index contributed by atoms with van der Waals surface area (Å²) in [6.45, 7) is 0. The van der Waals surface area contributed by atoms with Gasteiger partial charge in [-0.05, 0) is 48.1 Å². The van der Waals surface area contributed by atoms with Crippen LogP contribution in [0.5, 0.6) is 5.75 Å². The number of nitrogens with two attached hydrogens (primary N) is 1. The van der Waals surface area contributed by atoms with Gasteiger partial charge in [0.05, 0.1) is 15.6 Å². The molecule has 0 spiro atoms. The number of aliphatic hydroxyl groups is 3. The summed E-state index contributed by atoms with van der Waals surface area (Å²) in [6, 6.07) is 6.48. The van der Waals surface area contributed by atoms with E-state index in [2.05, 4.69) is 0 Å². The number of carbonyl (C=O) groups excluding carboxylic acids is 3. The van der Waals surface area contributed by atoms with Gasteiger partial charge in [0.1, 0.15) is 22.8 Å². The number of phenolic OH excluding ortho intramolecular Hbond substituents is 1. The minimum absolute atomic E-state index is 0.0606. The average molecular weight is 559 g/mol. The molecule has 0 heterocycles. The Bertz CT molecular complexity index is 1530. The molecule has 2 aromatic rings. The van der Waals surface area contributed by atoms with Crippen LogP contribution in [0.3, 0.4) is 0 Å². The molecule has 198 valence electrons. The molecule has 3 aliphatic rings. The molecule has 0 saturated carbocycles. The molecule has 0 fully saturated rings. The van der Waals surface area contributed by atoms with Gasteiger partial charge in [-0.2, -0.15) is 0 Å². The number of hydrogen-bond donors (Lipinski definition) is 5. The fourth-order valence-electron chi connectivity index (χ4n) is 5.95. The normalized spacial score (nSPS) is 24.7. The standard InChI is InChI=1S/C27H24Cl2N2O7/c1-31(2)17-9-13(10-3-4-15(28)16(29)7-10)22(33)20-14(17)6-11-5-12-8-18(32)21(26(30)37)25(36)27(12,38)24(35)19(11)23(20)34/h3-4,7,9,11-12,32-33,35,38H,5-6,8H2,1-2H3,(H2,30,37)/t11-,12?,27+/m1/s1. The first kappa shape index (κ1) is 26.1. The Balaban J connectivity index is 1.73. The van der Waals surface area contributed by atoms with Gasteiger partial charge in [-0.25, -0.2) is 0 Å². The summed E-state index contributed by atoms with van der Waals surface area (Å²) in [5.74, 6) is -6.69. The van der Waals surface area contributed by atoms with Crippen molar-refractivity contribution >= 4 is 46.4 Å². The molecular formula is C27H24Cl2N2O7. The predicted molar refractivity (Wildman–Crippen MR) is 141 cm³/mol. The van der Waals surface area contributed by atoms with Crippen molar-refractivity contribution in [2.75, 3.05) is 19.0 Å². The molecule has 5 rings (SSSR count). The van der Waals surface area contributed by atoms with Gasteiger partial charge in [0.15, 0.2) is 11.4 Å². The Morgan fingerprint density at radius 1 is 1.08 bits per heavy atom. The number of allylic oxidation sites excluding steroid dienone is 2. The van der Waals surface area contributed by atoms with E-state index in [9.17, 15) is 34.8 Å². The number of Topliss-reactive ketones (excluding diaryl/α,β-unsaturated/α-hetero) is 2. The molecule has 0 bridgehead atoms. The smallest absolute Gasteiger partial charge is 0.255 e. The van der Waals surface area contributed by atoms with Crippen LogP contribution in [0.4, 0.5) is 5.69 Å². The summed E-state index contributed by atoms with van der Waals surface area (Å²) in [6.07, 6.45) is -0.0142. The second-order valence-electron chi connectivity index (χ2n) is 10.1. The predicted octanol–water partition coefficient (Wildman–Crippen LogP) is 3.62. The van der Waals surface area contributed by atoms with Crippen molar-refractivity contribution in [3.05, 3.63) is 68.1 Å². The van der Waals surface area contributed by atoms with E-state index in [1.165, 1.54) is 0 Å². The molecule has 1 unspecified atom stereocenters. The molecule has 1 amide bonds. The summed E-state index contributed by atoms with van der Waals surface area (Å²) in [5.41, 5.74) is 3.49. The lowest BCUT2D eigenvalue weighted by Crippen LogP contribution is -2.57. The van der Waals surface area contributed by atoms with Gasteiger partial charge in [0.25, 0.3) is 5.91 Å². The van der Waals surface area contributed by atoms with E-state index in [4.69, 9.17) is 28.9 Å². The zero-order valence-corrected chi connectivity index (χ0v) is 21.9. The van der Waals surface area contributed by atoms with E-state index in [0.717, 1.165) is 0 Å². The highest BCUT2D eigenvalue weighted by molar-refractivity contribution is 6.42. The number of carbonyl (C=O) groups is 3. The zero-order valence-electron chi connectivity index (χ0n) is 20.4. The number of primary amides is 1. The molecule has 2 aromatic carbocycles. The summed E-state index contributed by atoms with van der Waals surface area (Å²) >= 11 is 12.2. The minimum atomic E-state index is -2.61. The van der Waals surface area contributed by atoms with Gasteiger partial charge in [-0.3, -0.25) is 14.4 Å². The van der Waals surface area contributed by atoms with Crippen molar-refractivity contribution in [3.8, 4) is 16.9 Å². The molecule has 0 radical (unpaired) electrons.